The van der Waals surface area contributed by atoms with E-state index in [4.69, 9.17) is 18.6 Å². The molecule has 4 atom stereocenters. The van der Waals surface area contributed by atoms with Crippen LogP contribution in [0.1, 0.15) is 55.4 Å². The van der Waals surface area contributed by atoms with Crippen molar-refractivity contribution in [1.29, 1.82) is 0 Å². The minimum Gasteiger partial charge on any atom is -0.447 e. The van der Waals surface area contributed by atoms with Gasteiger partial charge in [0.15, 0.2) is 5.79 Å². The fourth-order valence-corrected chi connectivity index (χ4v) is 10.7. The van der Waals surface area contributed by atoms with Gasteiger partial charge in [-0.1, -0.05) is 108 Å². The first-order valence-electron chi connectivity index (χ1n) is 14.6. The Morgan fingerprint density at radius 2 is 1.56 bits per heavy atom. The van der Waals surface area contributed by atoms with Crippen molar-refractivity contribution in [2.75, 3.05) is 13.2 Å². The molecule has 8 heteroatoms. The highest BCUT2D eigenvalue weighted by Gasteiger charge is 2.54. The molecule has 0 radical (unpaired) electrons. The van der Waals surface area contributed by atoms with Gasteiger partial charge in [-0.15, -0.1) is 0 Å². The molecule has 2 amide bonds. The molecule has 2 saturated heterocycles. The maximum atomic E-state index is 13.3. The van der Waals surface area contributed by atoms with Gasteiger partial charge in [0, 0.05) is 12.0 Å². The molecule has 0 spiro atoms. The smallest absolute Gasteiger partial charge is 0.417 e. The average Bonchev–Trinajstić information content (AvgIpc) is 3.49. The van der Waals surface area contributed by atoms with Gasteiger partial charge >= 0.3 is 6.09 Å². The van der Waals surface area contributed by atoms with E-state index in [1.807, 2.05) is 52.8 Å². The molecule has 2 fully saturated rings. The van der Waals surface area contributed by atoms with Crippen molar-refractivity contribution in [2.24, 2.45) is 11.8 Å². The summed E-state index contributed by atoms with van der Waals surface area (Å²) in [4.78, 5) is 26.9. The lowest BCUT2D eigenvalue weighted by Crippen LogP contribution is -2.69. The predicted octanol–water partition coefficient (Wildman–Crippen LogP) is 5.28. The Labute approximate surface area is 245 Å². The Morgan fingerprint density at radius 3 is 2.02 bits per heavy atom. The van der Waals surface area contributed by atoms with E-state index < -0.39 is 26.3 Å². The molecular weight excluding hydrogens is 534 g/mol. The Balaban J connectivity index is 1.76. The Hall–Kier alpha value is -2.78. The number of hydrogen-bond acceptors (Lipinski definition) is 6. The molecular formula is C33H45NO6Si. The molecule has 41 heavy (non-hydrogen) atoms. The van der Waals surface area contributed by atoms with Gasteiger partial charge in [0.05, 0.1) is 18.8 Å². The lowest BCUT2D eigenvalue weighted by molar-refractivity contribution is -0.151. The molecule has 0 aromatic heterocycles. The second-order valence-corrected chi connectivity index (χ2v) is 17.2. The van der Waals surface area contributed by atoms with Crippen LogP contribution in [0, 0.1) is 11.8 Å². The van der Waals surface area contributed by atoms with Crippen molar-refractivity contribution in [1.82, 2.24) is 4.90 Å². The first-order valence-corrected chi connectivity index (χ1v) is 16.5. The van der Waals surface area contributed by atoms with E-state index >= 15 is 0 Å². The molecule has 2 aliphatic heterocycles. The van der Waals surface area contributed by atoms with Crippen molar-refractivity contribution in [3.05, 3.63) is 72.8 Å². The molecule has 0 saturated carbocycles. The molecule has 2 aromatic carbocycles. The highest BCUT2D eigenvalue weighted by Crippen LogP contribution is 2.40. The van der Waals surface area contributed by atoms with Gasteiger partial charge < -0.3 is 18.6 Å². The molecule has 4 rings (SSSR count). The minimum absolute atomic E-state index is 0.0914. The standard InChI is InChI=1S/C33H45NO6Si/c1-23(2)27-21-37-31(36)34(27)29(35)20-19-24(3)30(28-22-38-33(7,8)39-28)40-41(32(4,5)6,25-15-11-9-12-16-25)26-17-13-10-14-18-26/h9-20,23-24,27-28,30H,21-22H2,1-8H3/b20-19-/t24-,27+,28+,30-/m0/s1. The Bertz CT molecular complexity index is 1180. The first-order chi connectivity index (χ1) is 19.3. The fourth-order valence-electron chi connectivity index (χ4n) is 5.90. The van der Waals surface area contributed by atoms with E-state index in [1.165, 1.54) is 11.0 Å². The topological polar surface area (TPSA) is 74.3 Å². The second kappa shape index (κ2) is 12.2. The van der Waals surface area contributed by atoms with Crippen LogP contribution >= 0.6 is 0 Å². The van der Waals surface area contributed by atoms with Gasteiger partial charge in [-0.25, -0.2) is 9.69 Å². The van der Waals surface area contributed by atoms with Crippen LogP contribution in [-0.4, -0.2) is 62.5 Å². The largest absolute Gasteiger partial charge is 0.447 e. The van der Waals surface area contributed by atoms with Crippen LogP contribution < -0.4 is 10.4 Å². The highest BCUT2D eigenvalue weighted by molar-refractivity contribution is 6.99. The van der Waals surface area contributed by atoms with Gasteiger partial charge in [0.2, 0.25) is 0 Å². The van der Waals surface area contributed by atoms with Crippen LogP contribution in [0.2, 0.25) is 5.04 Å². The highest BCUT2D eigenvalue weighted by atomic mass is 28.4. The number of ether oxygens (including phenoxy) is 3. The number of carbonyl (C=O) groups excluding carboxylic acids is 2. The molecule has 0 bridgehead atoms. The second-order valence-electron chi connectivity index (χ2n) is 12.9. The van der Waals surface area contributed by atoms with Crippen molar-refractivity contribution < 1.29 is 28.2 Å². The molecule has 7 nitrogen and oxygen atoms in total. The summed E-state index contributed by atoms with van der Waals surface area (Å²) < 4.78 is 25.1. The number of benzene rings is 2. The van der Waals surface area contributed by atoms with Crippen molar-refractivity contribution in [3.8, 4) is 0 Å². The van der Waals surface area contributed by atoms with Crippen LogP contribution in [0.5, 0.6) is 0 Å². The number of amides is 2. The first kappa shape index (κ1) is 31.2. The third-order valence-corrected chi connectivity index (χ3v) is 13.1. The summed E-state index contributed by atoms with van der Waals surface area (Å²) in [5.41, 5.74) is 0. The number of hydrogen-bond donors (Lipinski definition) is 0. The zero-order valence-corrected chi connectivity index (χ0v) is 26.6. The zero-order chi connectivity index (χ0) is 30.0. The summed E-state index contributed by atoms with van der Waals surface area (Å²) in [6, 6.07) is 20.6. The van der Waals surface area contributed by atoms with E-state index in [2.05, 4.69) is 69.3 Å². The molecule has 2 aromatic rings. The number of nitrogens with zero attached hydrogens (tertiary/aromatic N) is 1. The molecule has 0 aliphatic carbocycles. The van der Waals surface area contributed by atoms with Gasteiger partial charge in [-0.3, -0.25) is 4.79 Å². The molecule has 222 valence electrons. The van der Waals surface area contributed by atoms with Crippen LogP contribution in [-0.2, 0) is 23.4 Å². The van der Waals surface area contributed by atoms with E-state index in [9.17, 15) is 9.59 Å². The van der Waals surface area contributed by atoms with Crippen molar-refractivity contribution in [2.45, 2.75) is 84.5 Å². The van der Waals surface area contributed by atoms with Crippen LogP contribution in [0.15, 0.2) is 72.8 Å². The fraction of sp³-hybridized carbons (Fsp3) is 0.515. The van der Waals surface area contributed by atoms with Crippen LogP contribution in [0.25, 0.3) is 0 Å². The molecule has 0 N–H and O–H groups in total. The van der Waals surface area contributed by atoms with E-state index in [1.54, 1.807) is 0 Å². The Morgan fingerprint density at radius 1 is 1.00 bits per heavy atom. The van der Waals surface area contributed by atoms with E-state index in [0.717, 1.165) is 10.4 Å². The third kappa shape index (κ3) is 6.51. The van der Waals surface area contributed by atoms with E-state index in [0.29, 0.717) is 6.61 Å². The number of imide groups is 1. The average molecular weight is 580 g/mol. The quantitative estimate of drug-likeness (QED) is 0.297. The lowest BCUT2D eigenvalue weighted by Gasteiger charge is -2.47. The lowest BCUT2D eigenvalue weighted by atomic mass is 9.99. The predicted molar refractivity (Wildman–Crippen MR) is 163 cm³/mol. The van der Waals surface area contributed by atoms with Crippen molar-refractivity contribution >= 4 is 30.7 Å². The minimum atomic E-state index is -2.95. The van der Waals surface area contributed by atoms with E-state index in [-0.39, 0.29) is 41.5 Å². The maximum absolute atomic E-state index is 13.3. The summed E-state index contributed by atoms with van der Waals surface area (Å²) in [5.74, 6) is -1.28. The van der Waals surface area contributed by atoms with Gasteiger partial charge in [0.25, 0.3) is 14.2 Å². The van der Waals surface area contributed by atoms with Crippen LogP contribution in [0.4, 0.5) is 4.79 Å². The monoisotopic (exact) mass is 579 g/mol. The number of carbonyl (C=O) groups is 2. The summed E-state index contributed by atoms with van der Waals surface area (Å²) in [6.45, 7) is 17.1. The summed E-state index contributed by atoms with van der Waals surface area (Å²) >= 11 is 0. The third-order valence-electron chi connectivity index (χ3n) is 8.10. The van der Waals surface area contributed by atoms with Crippen molar-refractivity contribution in [3.63, 3.8) is 0 Å². The number of rotatable bonds is 9. The summed E-state index contributed by atoms with van der Waals surface area (Å²) in [7, 11) is -2.95. The molecule has 2 aliphatic rings. The van der Waals surface area contributed by atoms with Crippen LogP contribution in [0.3, 0.4) is 0 Å². The number of cyclic esters (lactones) is 1. The Kier molecular flexibility index (Phi) is 9.28. The summed E-state index contributed by atoms with van der Waals surface area (Å²) in [5, 5.41) is 2.08. The van der Waals surface area contributed by atoms with Gasteiger partial charge in [-0.2, -0.15) is 0 Å². The van der Waals surface area contributed by atoms with Gasteiger partial charge in [0.1, 0.15) is 12.7 Å². The molecule has 0 unspecified atom stereocenters. The SMILES string of the molecule is CC(C)[C@H]1COC(=O)N1C(=O)/C=C\[C@H](C)[C@H](O[Si](c1ccccc1)(c1ccccc1)C(C)(C)C)[C@H]1COC(C)(C)O1. The maximum Gasteiger partial charge on any atom is 0.417 e. The zero-order valence-electron chi connectivity index (χ0n) is 25.6. The summed E-state index contributed by atoms with van der Waals surface area (Å²) in [6.07, 6.45) is 1.93. The molecule has 2 heterocycles. The van der Waals surface area contributed by atoms with Gasteiger partial charge in [-0.05, 0) is 35.2 Å². The normalized spacial score (nSPS) is 22.8.